The zero-order valence-electron chi connectivity index (χ0n) is 23.1. The van der Waals surface area contributed by atoms with Crippen LogP contribution in [0.3, 0.4) is 0 Å². The SMILES string of the molecule is CC(C)[C@H](N)C(=O)C1(O)CN(C(=O)c2ccc3c(c2)NC(=O)C(C2CC2)O3)CCC1N1CCc2ccccc2C1. The lowest BCUT2D eigenvalue weighted by Gasteiger charge is -2.50. The van der Waals surface area contributed by atoms with E-state index >= 15 is 0 Å². The van der Waals surface area contributed by atoms with Gasteiger partial charge in [0.25, 0.3) is 11.8 Å². The van der Waals surface area contributed by atoms with Crippen molar-refractivity contribution in [2.75, 3.05) is 25.0 Å². The summed E-state index contributed by atoms with van der Waals surface area (Å²) in [6, 6.07) is 11.9. The predicted molar refractivity (Wildman–Crippen MR) is 150 cm³/mol. The van der Waals surface area contributed by atoms with Crippen molar-refractivity contribution in [3.05, 3.63) is 59.2 Å². The number of ether oxygens (including phenoxy) is 1. The fourth-order valence-electron chi connectivity index (χ4n) is 6.42. The molecule has 9 nitrogen and oxygen atoms in total. The zero-order valence-corrected chi connectivity index (χ0v) is 23.1. The molecule has 3 aliphatic heterocycles. The van der Waals surface area contributed by atoms with E-state index in [0.29, 0.717) is 43.1 Å². The first-order valence-corrected chi connectivity index (χ1v) is 14.4. The number of β-amino-alcohol motifs (C(OH)–C–C–N with tert-alkyl or cyclic N) is 1. The molecule has 0 bridgehead atoms. The number of rotatable bonds is 6. The van der Waals surface area contributed by atoms with Crippen LogP contribution in [-0.2, 0) is 22.6 Å². The predicted octanol–water partition coefficient (Wildman–Crippen LogP) is 2.35. The Labute approximate surface area is 234 Å². The molecule has 0 spiro atoms. The Balaban J connectivity index is 1.25. The number of aliphatic hydroxyl groups is 1. The van der Waals surface area contributed by atoms with Crippen molar-refractivity contribution in [2.24, 2.45) is 17.6 Å². The standard InChI is InChI=1S/C31H38N4O5/c1-18(2)26(32)28(36)31(39)17-35(14-12-25(31)34-13-11-19-5-3-4-6-22(19)16-34)30(38)21-9-10-24-23(15-21)33-29(37)27(40-24)20-7-8-20/h3-6,9-10,15,18,20,25-27,39H,7-8,11-14,16-17,32H2,1-2H3,(H,33,37)/t25?,26-,27?,31?/m0/s1. The Hall–Kier alpha value is -3.27. The molecule has 1 saturated heterocycles. The van der Waals surface area contributed by atoms with Crippen molar-refractivity contribution < 1.29 is 24.2 Å². The summed E-state index contributed by atoms with van der Waals surface area (Å²) >= 11 is 0. The van der Waals surface area contributed by atoms with Gasteiger partial charge in [-0.2, -0.15) is 0 Å². The first-order chi connectivity index (χ1) is 19.2. The smallest absolute Gasteiger partial charge is 0.265 e. The Bertz CT molecular complexity index is 1340. The molecule has 2 fully saturated rings. The molecule has 1 saturated carbocycles. The largest absolute Gasteiger partial charge is 0.478 e. The first-order valence-electron chi connectivity index (χ1n) is 14.4. The topological polar surface area (TPSA) is 125 Å². The normalized spacial score (nSPS) is 27.3. The molecule has 9 heteroatoms. The van der Waals surface area contributed by atoms with E-state index in [4.69, 9.17) is 10.5 Å². The van der Waals surface area contributed by atoms with Crippen LogP contribution in [0.5, 0.6) is 5.75 Å². The summed E-state index contributed by atoms with van der Waals surface area (Å²) in [7, 11) is 0. The van der Waals surface area contributed by atoms with Crippen LogP contribution in [0.4, 0.5) is 5.69 Å². The third-order valence-corrected chi connectivity index (χ3v) is 9.04. The van der Waals surface area contributed by atoms with Crippen molar-refractivity contribution in [2.45, 2.75) is 69.9 Å². The van der Waals surface area contributed by atoms with E-state index in [-0.39, 0.29) is 30.2 Å². The molecule has 4 atom stereocenters. The fraction of sp³-hybridized carbons (Fsp3) is 0.516. The van der Waals surface area contributed by atoms with Gasteiger partial charge in [0, 0.05) is 37.2 Å². The molecule has 3 heterocycles. The quantitative estimate of drug-likeness (QED) is 0.508. The summed E-state index contributed by atoms with van der Waals surface area (Å²) < 4.78 is 5.93. The number of nitrogens with two attached hydrogens (primary N) is 1. The molecule has 4 N–H and O–H groups in total. The van der Waals surface area contributed by atoms with Crippen LogP contribution >= 0.6 is 0 Å². The van der Waals surface area contributed by atoms with E-state index in [1.807, 2.05) is 26.0 Å². The van der Waals surface area contributed by atoms with Crippen LogP contribution in [0.2, 0.25) is 0 Å². The highest BCUT2D eigenvalue weighted by molar-refractivity contribution is 6.02. The van der Waals surface area contributed by atoms with E-state index in [0.717, 1.165) is 19.3 Å². The van der Waals surface area contributed by atoms with E-state index in [1.165, 1.54) is 11.1 Å². The van der Waals surface area contributed by atoms with Crippen LogP contribution in [0.1, 0.15) is 54.6 Å². The van der Waals surface area contributed by atoms with Gasteiger partial charge in [-0.1, -0.05) is 38.1 Å². The maximum absolute atomic E-state index is 13.8. The minimum atomic E-state index is -1.81. The number of fused-ring (bicyclic) bond motifs is 2. The molecule has 6 rings (SSSR count). The highest BCUT2D eigenvalue weighted by Gasteiger charge is 2.53. The third kappa shape index (κ3) is 4.80. The molecule has 0 aromatic heterocycles. The molecule has 212 valence electrons. The number of hydrogen-bond donors (Lipinski definition) is 3. The molecular weight excluding hydrogens is 508 g/mol. The number of ketones is 1. The number of amides is 2. The van der Waals surface area contributed by atoms with Gasteiger partial charge in [0.05, 0.1) is 18.3 Å². The number of carbonyl (C=O) groups excluding carboxylic acids is 3. The molecule has 0 radical (unpaired) electrons. The van der Waals surface area contributed by atoms with Crippen LogP contribution in [-0.4, -0.2) is 75.9 Å². The van der Waals surface area contributed by atoms with Crippen LogP contribution < -0.4 is 15.8 Å². The number of likely N-dealkylation sites (tertiary alicyclic amines) is 1. The maximum Gasteiger partial charge on any atom is 0.265 e. The van der Waals surface area contributed by atoms with Gasteiger partial charge in [-0.25, -0.2) is 0 Å². The molecule has 2 amide bonds. The Morgan fingerprint density at radius 1 is 1.10 bits per heavy atom. The molecule has 4 aliphatic rings. The van der Waals surface area contributed by atoms with Gasteiger partial charge in [0.1, 0.15) is 5.75 Å². The van der Waals surface area contributed by atoms with Gasteiger partial charge in [-0.15, -0.1) is 0 Å². The number of nitrogens with one attached hydrogen (secondary N) is 1. The minimum Gasteiger partial charge on any atom is -0.478 e. The number of hydrogen-bond acceptors (Lipinski definition) is 7. The van der Waals surface area contributed by atoms with Crippen LogP contribution in [0, 0.1) is 11.8 Å². The summed E-state index contributed by atoms with van der Waals surface area (Å²) in [4.78, 5) is 43.8. The van der Waals surface area contributed by atoms with Crippen molar-refractivity contribution in [3.63, 3.8) is 0 Å². The van der Waals surface area contributed by atoms with Crippen LogP contribution in [0.25, 0.3) is 0 Å². The Morgan fingerprint density at radius 3 is 2.58 bits per heavy atom. The number of Topliss-reactive ketones (excluding diaryl/α,β-unsaturated/α-hetero) is 1. The summed E-state index contributed by atoms with van der Waals surface area (Å²) in [5, 5.41) is 15.0. The second-order valence-electron chi connectivity index (χ2n) is 12.2. The lowest BCUT2D eigenvalue weighted by Crippen LogP contribution is -2.70. The van der Waals surface area contributed by atoms with Gasteiger partial charge in [-0.05, 0) is 60.9 Å². The highest BCUT2D eigenvalue weighted by atomic mass is 16.5. The third-order valence-electron chi connectivity index (χ3n) is 9.04. The summed E-state index contributed by atoms with van der Waals surface area (Å²) in [6.45, 7) is 5.32. The second-order valence-corrected chi connectivity index (χ2v) is 12.2. The Morgan fingerprint density at radius 2 is 1.85 bits per heavy atom. The van der Waals surface area contributed by atoms with Crippen molar-refractivity contribution >= 4 is 23.3 Å². The molecule has 3 unspecified atom stereocenters. The Kier molecular flexibility index (Phi) is 6.92. The van der Waals surface area contributed by atoms with E-state index in [9.17, 15) is 19.5 Å². The number of piperidine rings is 1. The maximum atomic E-state index is 13.8. The first kappa shape index (κ1) is 26.9. The van der Waals surface area contributed by atoms with E-state index in [1.54, 1.807) is 23.1 Å². The van der Waals surface area contributed by atoms with E-state index < -0.39 is 29.6 Å². The van der Waals surface area contributed by atoms with Gasteiger partial charge in [-0.3, -0.25) is 19.3 Å². The molecule has 2 aromatic rings. The average Bonchev–Trinajstić information content (AvgIpc) is 3.80. The van der Waals surface area contributed by atoms with Crippen molar-refractivity contribution in [1.82, 2.24) is 9.80 Å². The number of nitrogens with zero attached hydrogens (tertiary/aromatic N) is 2. The lowest BCUT2D eigenvalue weighted by molar-refractivity contribution is -0.156. The molecule has 40 heavy (non-hydrogen) atoms. The number of carbonyl (C=O) groups is 3. The summed E-state index contributed by atoms with van der Waals surface area (Å²) in [5.74, 6) is -0.294. The zero-order chi connectivity index (χ0) is 28.2. The van der Waals surface area contributed by atoms with Crippen LogP contribution in [0.15, 0.2) is 42.5 Å². The van der Waals surface area contributed by atoms with Crippen molar-refractivity contribution in [1.29, 1.82) is 0 Å². The second kappa shape index (κ2) is 10.3. The fourth-order valence-corrected chi connectivity index (χ4v) is 6.42. The van der Waals surface area contributed by atoms with Gasteiger partial charge >= 0.3 is 0 Å². The minimum absolute atomic E-state index is 0.141. The van der Waals surface area contributed by atoms with Crippen molar-refractivity contribution in [3.8, 4) is 5.75 Å². The molecule has 1 aliphatic carbocycles. The summed E-state index contributed by atoms with van der Waals surface area (Å²) in [5.41, 5.74) is 7.80. The van der Waals surface area contributed by atoms with E-state index in [2.05, 4.69) is 22.3 Å². The molecular formula is C31H38N4O5. The van der Waals surface area contributed by atoms with Gasteiger partial charge in [0.15, 0.2) is 17.5 Å². The van der Waals surface area contributed by atoms with Gasteiger partial charge in [0.2, 0.25) is 0 Å². The lowest BCUT2D eigenvalue weighted by atomic mass is 9.77. The average molecular weight is 547 g/mol. The monoisotopic (exact) mass is 546 g/mol. The molecule has 2 aromatic carbocycles. The van der Waals surface area contributed by atoms with Gasteiger partial charge < -0.3 is 25.8 Å². The highest BCUT2D eigenvalue weighted by Crippen LogP contribution is 2.40. The number of anilines is 1. The number of benzene rings is 2. The summed E-state index contributed by atoms with van der Waals surface area (Å²) in [6.07, 6.45) is 2.74.